The number of rotatable bonds is 7. The minimum atomic E-state index is -0.439. The molecule has 0 saturated carbocycles. The van der Waals surface area contributed by atoms with Gasteiger partial charge in [0.2, 0.25) is 5.91 Å². The van der Waals surface area contributed by atoms with Crippen LogP contribution in [0.5, 0.6) is 0 Å². The van der Waals surface area contributed by atoms with Gasteiger partial charge in [0, 0.05) is 57.8 Å². The fourth-order valence-corrected chi connectivity index (χ4v) is 3.27. The van der Waals surface area contributed by atoms with E-state index in [1.165, 1.54) is 13.0 Å². The molecule has 1 aliphatic rings. The Hall–Kier alpha value is -2.64. The molecule has 1 fully saturated rings. The number of hydrogen-bond donors (Lipinski definition) is 0. The van der Waals surface area contributed by atoms with Crippen molar-refractivity contribution < 1.29 is 14.5 Å². The SMILES string of the molecule is CCCCN(CC)C(=O)c1ccc(N2CCN(C(C)=O)CC2)c([N+](=O)[O-])c1. The Morgan fingerprint density at radius 2 is 1.85 bits per heavy atom. The Labute approximate surface area is 159 Å². The van der Waals surface area contributed by atoms with Crippen molar-refractivity contribution in [3.63, 3.8) is 0 Å². The molecule has 1 saturated heterocycles. The molecule has 8 heteroatoms. The number of benzene rings is 1. The van der Waals surface area contributed by atoms with E-state index in [1.807, 2.05) is 11.8 Å². The molecule has 27 heavy (non-hydrogen) atoms. The standard InChI is InChI=1S/C19H28N4O4/c1-4-6-9-20(5-2)19(25)16-7-8-17(18(14-16)23(26)27)22-12-10-21(11-13-22)15(3)24/h7-8,14H,4-6,9-13H2,1-3H3. The van der Waals surface area contributed by atoms with E-state index in [9.17, 15) is 19.7 Å². The van der Waals surface area contributed by atoms with Crippen LogP contribution >= 0.6 is 0 Å². The summed E-state index contributed by atoms with van der Waals surface area (Å²) in [5.41, 5.74) is 0.769. The van der Waals surface area contributed by atoms with Gasteiger partial charge in [-0.25, -0.2) is 0 Å². The summed E-state index contributed by atoms with van der Waals surface area (Å²) in [5, 5.41) is 11.6. The Bertz CT molecular complexity index is 699. The minimum absolute atomic E-state index is 0.0110. The van der Waals surface area contributed by atoms with E-state index < -0.39 is 4.92 Å². The first kappa shape index (κ1) is 20.7. The highest BCUT2D eigenvalue weighted by Gasteiger charge is 2.26. The number of carbonyl (C=O) groups is 2. The molecule has 0 unspecified atom stereocenters. The second-order valence-electron chi connectivity index (χ2n) is 6.69. The Morgan fingerprint density at radius 3 is 2.37 bits per heavy atom. The van der Waals surface area contributed by atoms with Crippen LogP contribution in [0.25, 0.3) is 0 Å². The van der Waals surface area contributed by atoms with Gasteiger partial charge in [-0.15, -0.1) is 0 Å². The summed E-state index contributed by atoms with van der Waals surface area (Å²) in [4.78, 5) is 40.7. The molecular formula is C19H28N4O4. The lowest BCUT2D eigenvalue weighted by atomic mass is 10.1. The molecular weight excluding hydrogens is 348 g/mol. The van der Waals surface area contributed by atoms with E-state index in [0.29, 0.717) is 50.5 Å². The first-order chi connectivity index (χ1) is 12.9. The van der Waals surface area contributed by atoms with Gasteiger partial charge in [-0.2, -0.15) is 0 Å². The maximum Gasteiger partial charge on any atom is 0.293 e. The molecule has 1 aromatic carbocycles. The average Bonchev–Trinajstić information content (AvgIpc) is 2.68. The van der Waals surface area contributed by atoms with Crippen molar-refractivity contribution in [2.24, 2.45) is 0 Å². The molecule has 0 atom stereocenters. The van der Waals surface area contributed by atoms with Crippen molar-refractivity contribution in [1.82, 2.24) is 9.80 Å². The molecule has 0 N–H and O–H groups in total. The van der Waals surface area contributed by atoms with E-state index in [2.05, 4.69) is 6.92 Å². The van der Waals surface area contributed by atoms with Gasteiger partial charge in [0.15, 0.2) is 0 Å². The lowest BCUT2D eigenvalue weighted by molar-refractivity contribution is -0.384. The second kappa shape index (κ2) is 9.34. The molecule has 8 nitrogen and oxygen atoms in total. The van der Waals surface area contributed by atoms with Gasteiger partial charge >= 0.3 is 0 Å². The van der Waals surface area contributed by atoms with Crippen molar-refractivity contribution >= 4 is 23.2 Å². The van der Waals surface area contributed by atoms with Gasteiger partial charge in [-0.05, 0) is 25.5 Å². The Kier molecular flexibility index (Phi) is 7.15. The number of piperazine rings is 1. The normalized spacial score (nSPS) is 14.2. The van der Waals surface area contributed by atoms with Crippen molar-refractivity contribution in [1.29, 1.82) is 0 Å². The Balaban J connectivity index is 2.23. The topological polar surface area (TPSA) is 87.0 Å². The smallest absolute Gasteiger partial charge is 0.293 e. The van der Waals surface area contributed by atoms with E-state index in [-0.39, 0.29) is 17.5 Å². The molecule has 0 aliphatic carbocycles. The molecule has 148 valence electrons. The number of carbonyl (C=O) groups excluding carboxylic acids is 2. The van der Waals surface area contributed by atoms with Crippen LogP contribution in [0.3, 0.4) is 0 Å². The van der Waals surface area contributed by atoms with E-state index >= 15 is 0 Å². The molecule has 1 aliphatic heterocycles. The first-order valence-corrected chi connectivity index (χ1v) is 9.47. The third-order valence-electron chi connectivity index (χ3n) is 4.94. The number of hydrogen-bond acceptors (Lipinski definition) is 5. The van der Waals surface area contributed by atoms with Gasteiger partial charge in [-0.1, -0.05) is 13.3 Å². The number of nitro groups is 1. The van der Waals surface area contributed by atoms with Crippen molar-refractivity contribution in [2.45, 2.75) is 33.6 Å². The highest BCUT2D eigenvalue weighted by molar-refractivity contribution is 5.95. The lowest BCUT2D eigenvalue weighted by Crippen LogP contribution is -2.48. The molecule has 0 bridgehead atoms. The van der Waals surface area contributed by atoms with Crippen LogP contribution in [0.4, 0.5) is 11.4 Å². The zero-order valence-corrected chi connectivity index (χ0v) is 16.3. The summed E-state index contributed by atoms with van der Waals surface area (Å²) in [7, 11) is 0. The first-order valence-electron chi connectivity index (χ1n) is 9.47. The average molecular weight is 376 g/mol. The number of amides is 2. The van der Waals surface area contributed by atoms with E-state index in [0.717, 1.165) is 12.8 Å². The second-order valence-corrected chi connectivity index (χ2v) is 6.69. The van der Waals surface area contributed by atoms with Crippen molar-refractivity contribution in [3.05, 3.63) is 33.9 Å². The molecule has 0 radical (unpaired) electrons. The highest BCUT2D eigenvalue weighted by atomic mass is 16.6. The van der Waals surface area contributed by atoms with Gasteiger partial charge in [0.05, 0.1) is 4.92 Å². The fraction of sp³-hybridized carbons (Fsp3) is 0.579. The largest absolute Gasteiger partial charge is 0.362 e. The summed E-state index contributed by atoms with van der Waals surface area (Å²) in [6.45, 7) is 8.85. The van der Waals surface area contributed by atoms with Gasteiger partial charge < -0.3 is 14.7 Å². The summed E-state index contributed by atoms with van der Waals surface area (Å²) < 4.78 is 0. The van der Waals surface area contributed by atoms with Crippen LogP contribution in [-0.4, -0.2) is 65.8 Å². The number of unbranched alkanes of at least 4 members (excludes halogenated alkanes) is 1. The summed E-state index contributed by atoms with van der Waals surface area (Å²) in [6.07, 6.45) is 1.88. The maximum absolute atomic E-state index is 12.7. The van der Waals surface area contributed by atoms with E-state index in [1.54, 1.807) is 21.9 Å². The summed E-state index contributed by atoms with van der Waals surface area (Å²) in [6, 6.07) is 4.70. The zero-order valence-electron chi connectivity index (χ0n) is 16.3. The molecule has 2 rings (SSSR count). The minimum Gasteiger partial charge on any atom is -0.362 e. The Morgan fingerprint density at radius 1 is 1.19 bits per heavy atom. The van der Waals surface area contributed by atoms with Gasteiger partial charge in [0.1, 0.15) is 5.69 Å². The monoisotopic (exact) mass is 376 g/mol. The van der Waals surface area contributed by atoms with E-state index in [4.69, 9.17) is 0 Å². The number of nitro benzene ring substituents is 1. The summed E-state index contributed by atoms with van der Waals surface area (Å²) >= 11 is 0. The van der Waals surface area contributed by atoms with Crippen LogP contribution in [0, 0.1) is 10.1 Å². The predicted octanol–water partition coefficient (Wildman–Crippen LogP) is 2.53. The number of anilines is 1. The van der Waals surface area contributed by atoms with Crippen molar-refractivity contribution in [3.8, 4) is 0 Å². The van der Waals surface area contributed by atoms with Crippen LogP contribution in [0.2, 0.25) is 0 Å². The fourth-order valence-electron chi connectivity index (χ4n) is 3.27. The molecule has 0 spiro atoms. The van der Waals surface area contributed by atoms with Crippen molar-refractivity contribution in [2.75, 3.05) is 44.2 Å². The lowest BCUT2D eigenvalue weighted by Gasteiger charge is -2.35. The maximum atomic E-state index is 12.7. The van der Waals surface area contributed by atoms with Crippen LogP contribution in [-0.2, 0) is 4.79 Å². The van der Waals surface area contributed by atoms with Gasteiger partial charge in [-0.3, -0.25) is 19.7 Å². The molecule has 0 aromatic heterocycles. The molecule has 2 amide bonds. The third kappa shape index (κ3) is 4.96. The van der Waals surface area contributed by atoms with Crippen LogP contribution in [0.1, 0.15) is 44.0 Å². The molecule has 1 heterocycles. The number of nitrogens with zero attached hydrogens (tertiary/aromatic N) is 4. The summed E-state index contributed by atoms with van der Waals surface area (Å²) in [5.74, 6) is -0.168. The zero-order chi connectivity index (χ0) is 20.0. The third-order valence-corrected chi connectivity index (χ3v) is 4.94. The highest BCUT2D eigenvalue weighted by Crippen LogP contribution is 2.30. The predicted molar refractivity (Wildman–Crippen MR) is 104 cm³/mol. The van der Waals surface area contributed by atoms with Crippen LogP contribution < -0.4 is 4.90 Å². The quantitative estimate of drug-likeness (QED) is 0.539. The van der Waals surface area contributed by atoms with Gasteiger partial charge in [0.25, 0.3) is 11.6 Å². The van der Waals surface area contributed by atoms with Crippen LogP contribution in [0.15, 0.2) is 18.2 Å². The molecule has 1 aromatic rings.